The van der Waals surface area contributed by atoms with Gasteiger partial charge in [0.15, 0.2) is 11.4 Å². The van der Waals surface area contributed by atoms with Crippen LogP contribution in [-0.2, 0) is 0 Å². The number of anilines is 1. The van der Waals surface area contributed by atoms with Gasteiger partial charge in [0.1, 0.15) is 11.3 Å². The molecule has 1 saturated heterocycles. The Hall–Kier alpha value is -3.94. The van der Waals surface area contributed by atoms with Gasteiger partial charge in [0.25, 0.3) is 11.9 Å². The van der Waals surface area contributed by atoms with E-state index in [1.165, 1.54) is 0 Å². The fraction of sp³-hybridized carbons (Fsp3) is 0.308. The molecule has 5 rings (SSSR count). The minimum atomic E-state index is -0.0216. The molecule has 34 heavy (non-hydrogen) atoms. The summed E-state index contributed by atoms with van der Waals surface area (Å²) < 4.78 is 11.8. The van der Waals surface area contributed by atoms with Gasteiger partial charge in [-0.25, -0.2) is 9.98 Å². The first-order valence-electron chi connectivity index (χ1n) is 11.5. The maximum Gasteiger partial charge on any atom is 0.299 e. The molecule has 3 heterocycles. The van der Waals surface area contributed by atoms with Gasteiger partial charge in [0.2, 0.25) is 5.89 Å². The van der Waals surface area contributed by atoms with E-state index >= 15 is 0 Å². The van der Waals surface area contributed by atoms with Crippen molar-refractivity contribution in [3.8, 4) is 11.5 Å². The van der Waals surface area contributed by atoms with Crippen molar-refractivity contribution in [2.24, 2.45) is 4.99 Å². The maximum atomic E-state index is 13.2. The molecule has 8 heteroatoms. The average Bonchev–Trinajstić information content (AvgIpc) is 3.47. The lowest BCUT2D eigenvalue weighted by Gasteiger charge is -2.33. The highest BCUT2D eigenvalue weighted by Gasteiger charge is 2.26. The third kappa shape index (κ3) is 4.31. The molecule has 0 radical (unpaired) electrons. The van der Waals surface area contributed by atoms with Gasteiger partial charge in [-0.05, 0) is 50.6 Å². The molecule has 0 saturated carbocycles. The minimum absolute atomic E-state index is 0.0216. The lowest BCUT2D eigenvalue weighted by molar-refractivity contribution is 0.0745. The highest BCUT2D eigenvalue weighted by molar-refractivity contribution is 5.97. The summed E-state index contributed by atoms with van der Waals surface area (Å²) in [6.45, 7) is 8.37. The fourth-order valence-corrected chi connectivity index (χ4v) is 3.92. The number of rotatable bonds is 5. The minimum Gasteiger partial charge on any atom is -0.436 e. The van der Waals surface area contributed by atoms with Crippen molar-refractivity contribution in [3.05, 3.63) is 59.9 Å². The van der Waals surface area contributed by atoms with Crippen LogP contribution in [-0.4, -0.2) is 52.7 Å². The number of hydrogen-bond acceptors (Lipinski definition) is 7. The summed E-state index contributed by atoms with van der Waals surface area (Å²) in [5, 5.41) is 0. The number of amides is 1. The third-order valence-electron chi connectivity index (χ3n) is 6.06. The third-order valence-corrected chi connectivity index (χ3v) is 6.06. The van der Waals surface area contributed by atoms with Crippen LogP contribution in [0.25, 0.3) is 22.6 Å². The Labute approximate surface area is 197 Å². The highest BCUT2D eigenvalue weighted by Crippen LogP contribution is 2.27. The number of aromatic nitrogens is 2. The van der Waals surface area contributed by atoms with Gasteiger partial charge in [0.05, 0.1) is 0 Å². The van der Waals surface area contributed by atoms with Crippen molar-refractivity contribution in [1.29, 1.82) is 0 Å². The molecular formula is C26H27N5O3. The molecular weight excluding hydrogens is 430 g/mol. The number of carbonyl (C=O) groups is 1. The smallest absolute Gasteiger partial charge is 0.299 e. The number of carbonyl (C=O) groups excluding carboxylic acids is 1. The first-order valence-corrected chi connectivity index (χ1v) is 11.5. The standard InChI is InChI=1S/C26H27N5O3/c1-4-17(2)27-23-18(3)33-26(29-23)31-14-12-30(13-15-31)25(32)20-10-11-21-22(16-20)34-24(28-21)19-8-6-5-7-9-19/h5-11,16H,4,12-15H2,1-3H3/b27-17-. The Morgan fingerprint density at radius 1 is 1.03 bits per heavy atom. The normalized spacial score (nSPS) is 14.7. The average molecular weight is 458 g/mol. The van der Waals surface area contributed by atoms with Crippen LogP contribution in [0.2, 0.25) is 0 Å². The van der Waals surface area contributed by atoms with Crippen molar-refractivity contribution in [2.75, 3.05) is 31.1 Å². The summed E-state index contributed by atoms with van der Waals surface area (Å²) in [6, 6.07) is 15.7. The molecule has 0 bridgehead atoms. The van der Waals surface area contributed by atoms with E-state index in [0.717, 1.165) is 23.2 Å². The molecule has 1 fully saturated rings. The van der Waals surface area contributed by atoms with E-state index in [1.807, 2.05) is 61.2 Å². The Morgan fingerprint density at radius 2 is 1.79 bits per heavy atom. The van der Waals surface area contributed by atoms with Crippen LogP contribution in [0, 0.1) is 6.92 Å². The Morgan fingerprint density at radius 3 is 2.53 bits per heavy atom. The number of aliphatic imine (C=N–C) groups is 1. The second kappa shape index (κ2) is 9.13. The van der Waals surface area contributed by atoms with Gasteiger partial charge in [0, 0.05) is 43.0 Å². The molecule has 4 aromatic rings. The number of aryl methyl sites for hydroxylation is 1. The van der Waals surface area contributed by atoms with Crippen molar-refractivity contribution < 1.29 is 13.6 Å². The van der Waals surface area contributed by atoms with Crippen LogP contribution in [0.3, 0.4) is 0 Å². The summed E-state index contributed by atoms with van der Waals surface area (Å²) in [5.41, 5.74) is 3.85. The van der Waals surface area contributed by atoms with Crippen molar-refractivity contribution in [2.45, 2.75) is 27.2 Å². The summed E-state index contributed by atoms with van der Waals surface area (Å²) in [4.78, 5) is 30.7. The molecule has 0 N–H and O–H groups in total. The lowest BCUT2D eigenvalue weighted by Crippen LogP contribution is -2.48. The molecule has 2 aromatic heterocycles. The largest absolute Gasteiger partial charge is 0.436 e. The summed E-state index contributed by atoms with van der Waals surface area (Å²) in [6.07, 6.45) is 0.871. The van der Waals surface area contributed by atoms with Crippen LogP contribution in [0.4, 0.5) is 11.8 Å². The SMILES string of the molecule is CC/C(C)=N\c1nc(N2CCN(C(=O)c3ccc4nc(-c5ccccc5)oc4c3)CC2)oc1C. The van der Waals surface area contributed by atoms with E-state index in [0.29, 0.717) is 60.8 Å². The molecule has 1 aliphatic rings. The van der Waals surface area contributed by atoms with E-state index < -0.39 is 0 Å². The molecule has 1 aliphatic heterocycles. The lowest BCUT2D eigenvalue weighted by atomic mass is 10.1. The molecule has 0 aliphatic carbocycles. The van der Waals surface area contributed by atoms with Gasteiger partial charge in [-0.3, -0.25) is 4.79 Å². The molecule has 0 unspecified atom stereocenters. The van der Waals surface area contributed by atoms with Crippen molar-refractivity contribution >= 4 is 34.6 Å². The van der Waals surface area contributed by atoms with Crippen LogP contribution in [0.15, 0.2) is 62.4 Å². The predicted molar refractivity (Wildman–Crippen MR) is 132 cm³/mol. The Kier molecular flexibility index (Phi) is 5.88. The van der Waals surface area contributed by atoms with Gasteiger partial charge >= 0.3 is 0 Å². The second-order valence-electron chi connectivity index (χ2n) is 8.42. The number of nitrogens with zero attached hydrogens (tertiary/aromatic N) is 5. The monoisotopic (exact) mass is 457 g/mol. The highest BCUT2D eigenvalue weighted by atomic mass is 16.4. The quantitative estimate of drug-likeness (QED) is 0.380. The van der Waals surface area contributed by atoms with E-state index in [1.54, 1.807) is 6.07 Å². The van der Waals surface area contributed by atoms with Crippen LogP contribution in [0.5, 0.6) is 0 Å². The fourth-order valence-electron chi connectivity index (χ4n) is 3.92. The van der Waals surface area contributed by atoms with Crippen molar-refractivity contribution in [1.82, 2.24) is 14.9 Å². The Bertz CT molecular complexity index is 1350. The predicted octanol–water partition coefficient (Wildman–Crippen LogP) is 5.26. The van der Waals surface area contributed by atoms with Gasteiger partial charge in [-0.2, -0.15) is 4.98 Å². The second-order valence-corrected chi connectivity index (χ2v) is 8.42. The summed E-state index contributed by atoms with van der Waals surface area (Å²) in [7, 11) is 0. The van der Waals surface area contributed by atoms with E-state index in [9.17, 15) is 4.79 Å². The molecule has 174 valence electrons. The van der Waals surface area contributed by atoms with E-state index in [2.05, 4.69) is 26.8 Å². The van der Waals surface area contributed by atoms with Crippen molar-refractivity contribution in [3.63, 3.8) is 0 Å². The van der Waals surface area contributed by atoms with Crippen LogP contribution >= 0.6 is 0 Å². The van der Waals surface area contributed by atoms with E-state index in [4.69, 9.17) is 8.83 Å². The molecule has 0 atom stereocenters. The Balaban J connectivity index is 1.27. The van der Waals surface area contributed by atoms with E-state index in [-0.39, 0.29) is 5.91 Å². The van der Waals surface area contributed by atoms with Gasteiger partial charge in [-0.1, -0.05) is 25.1 Å². The summed E-state index contributed by atoms with van der Waals surface area (Å²) in [5.74, 6) is 1.86. The van der Waals surface area contributed by atoms with Crippen LogP contribution in [0.1, 0.15) is 36.4 Å². The number of fused-ring (bicyclic) bond motifs is 1. The zero-order chi connectivity index (χ0) is 23.7. The molecule has 1 amide bonds. The zero-order valence-electron chi connectivity index (χ0n) is 19.6. The molecule has 0 spiro atoms. The first kappa shape index (κ1) is 21.9. The number of piperazine rings is 1. The van der Waals surface area contributed by atoms with Gasteiger partial charge in [-0.15, -0.1) is 0 Å². The number of hydrogen-bond donors (Lipinski definition) is 0. The maximum absolute atomic E-state index is 13.2. The molecule has 2 aromatic carbocycles. The first-order chi connectivity index (χ1) is 16.5. The zero-order valence-corrected chi connectivity index (χ0v) is 19.6. The number of benzene rings is 2. The molecule has 8 nitrogen and oxygen atoms in total. The van der Waals surface area contributed by atoms with Crippen LogP contribution < -0.4 is 4.90 Å². The number of oxazole rings is 2. The topological polar surface area (TPSA) is 88.0 Å². The summed E-state index contributed by atoms with van der Waals surface area (Å²) >= 11 is 0. The van der Waals surface area contributed by atoms with Gasteiger partial charge < -0.3 is 18.6 Å².